The zero-order valence-corrected chi connectivity index (χ0v) is 12.7. The molecular formula is C14H22N2O3S. The van der Waals surface area contributed by atoms with E-state index in [1.807, 2.05) is 0 Å². The number of aliphatic hydroxyl groups is 1. The van der Waals surface area contributed by atoms with Gasteiger partial charge in [0.25, 0.3) is 0 Å². The average Bonchev–Trinajstić information content (AvgIpc) is 2.33. The van der Waals surface area contributed by atoms with Crippen LogP contribution in [0.5, 0.6) is 0 Å². The normalized spacial score (nSPS) is 17.8. The SMILES string of the molecule is CC(C)NS(=O)(=O)c1ccccc1NCC1(O)CCC1. The molecule has 2 rings (SSSR count). The van der Waals surface area contributed by atoms with Gasteiger partial charge in [0, 0.05) is 12.6 Å². The molecule has 3 N–H and O–H groups in total. The molecule has 1 aromatic rings. The molecule has 0 unspecified atom stereocenters. The first-order chi connectivity index (χ1) is 9.32. The predicted molar refractivity (Wildman–Crippen MR) is 79.2 cm³/mol. The molecule has 1 aliphatic carbocycles. The highest BCUT2D eigenvalue weighted by atomic mass is 32.2. The third-order valence-electron chi connectivity index (χ3n) is 3.46. The smallest absolute Gasteiger partial charge is 0.242 e. The zero-order valence-electron chi connectivity index (χ0n) is 11.9. The lowest BCUT2D eigenvalue weighted by molar-refractivity contribution is -0.0202. The maximum absolute atomic E-state index is 12.3. The van der Waals surface area contributed by atoms with Crippen LogP contribution in [0.3, 0.4) is 0 Å². The molecule has 20 heavy (non-hydrogen) atoms. The van der Waals surface area contributed by atoms with E-state index >= 15 is 0 Å². The monoisotopic (exact) mass is 298 g/mol. The fraction of sp³-hybridized carbons (Fsp3) is 0.571. The van der Waals surface area contributed by atoms with Gasteiger partial charge in [-0.25, -0.2) is 13.1 Å². The molecule has 0 bridgehead atoms. The van der Waals surface area contributed by atoms with Crippen molar-refractivity contribution in [1.82, 2.24) is 4.72 Å². The molecule has 112 valence electrons. The number of hydrogen-bond donors (Lipinski definition) is 3. The zero-order chi connectivity index (χ0) is 14.8. The van der Waals surface area contributed by atoms with E-state index < -0.39 is 15.6 Å². The number of benzene rings is 1. The Morgan fingerprint density at radius 2 is 1.95 bits per heavy atom. The van der Waals surface area contributed by atoms with Gasteiger partial charge in [0.15, 0.2) is 0 Å². The molecule has 0 atom stereocenters. The minimum atomic E-state index is -3.54. The summed E-state index contributed by atoms with van der Waals surface area (Å²) in [5.74, 6) is 0. The van der Waals surface area contributed by atoms with Crippen LogP contribution in [0, 0.1) is 0 Å². The molecule has 1 aromatic carbocycles. The minimum absolute atomic E-state index is 0.163. The Hall–Kier alpha value is -1.11. The van der Waals surface area contributed by atoms with Gasteiger partial charge in [-0.1, -0.05) is 12.1 Å². The third-order valence-corrected chi connectivity index (χ3v) is 5.18. The van der Waals surface area contributed by atoms with Gasteiger partial charge in [-0.05, 0) is 45.2 Å². The Bertz CT molecular complexity index is 566. The first-order valence-corrected chi connectivity index (χ1v) is 8.38. The lowest BCUT2D eigenvalue weighted by Crippen LogP contribution is -2.43. The van der Waals surface area contributed by atoms with Crippen molar-refractivity contribution >= 4 is 15.7 Å². The van der Waals surface area contributed by atoms with Crippen LogP contribution >= 0.6 is 0 Å². The van der Waals surface area contributed by atoms with Crippen LogP contribution in [0.15, 0.2) is 29.2 Å². The molecule has 1 fully saturated rings. The highest BCUT2D eigenvalue weighted by Crippen LogP contribution is 2.32. The van der Waals surface area contributed by atoms with Gasteiger partial charge < -0.3 is 10.4 Å². The van der Waals surface area contributed by atoms with Gasteiger partial charge in [-0.3, -0.25) is 0 Å². The van der Waals surface area contributed by atoms with E-state index in [0.29, 0.717) is 12.2 Å². The summed E-state index contributed by atoms with van der Waals surface area (Å²) in [5.41, 5.74) is -0.163. The summed E-state index contributed by atoms with van der Waals surface area (Å²) in [5, 5.41) is 13.1. The first-order valence-electron chi connectivity index (χ1n) is 6.90. The van der Waals surface area contributed by atoms with E-state index in [-0.39, 0.29) is 10.9 Å². The van der Waals surface area contributed by atoms with Crippen molar-refractivity contribution < 1.29 is 13.5 Å². The Morgan fingerprint density at radius 3 is 2.50 bits per heavy atom. The third kappa shape index (κ3) is 3.50. The fourth-order valence-corrected chi connectivity index (χ4v) is 3.68. The van der Waals surface area contributed by atoms with Gasteiger partial charge in [0.2, 0.25) is 10.0 Å². The highest BCUT2D eigenvalue weighted by Gasteiger charge is 2.34. The molecule has 1 saturated carbocycles. The minimum Gasteiger partial charge on any atom is -0.388 e. The van der Waals surface area contributed by atoms with Crippen molar-refractivity contribution in [2.24, 2.45) is 0 Å². The second kappa shape index (κ2) is 5.71. The second-order valence-corrected chi connectivity index (χ2v) is 7.39. The van der Waals surface area contributed by atoms with Crippen molar-refractivity contribution in [3.05, 3.63) is 24.3 Å². The molecule has 1 aliphatic rings. The van der Waals surface area contributed by atoms with Gasteiger partial charge in [-0.15, -0.1) is 0 Å². The topological polar surface area (TPSA) is 78.4 Å². The molecule has 0 saturated heterocycles. The predicted octanol–water partition coefficient (Wildman–Crippen LogP) is 1.70. The summed E-state index contributed by atoms with van der Waals surface area (Å²) in [4.78, 5) is 0.219. The molecule has 6 heteroatoms. The van der Waals surface area contributed by atoms with Crippen LogP contribution in [0.2, 0.25) is 0 Å². The van der Waals surface area contributed by atoms with Crippen LogP contribution in [0.4, 0.5) is 5.69 Å². The van der Waals surface area contributed by atoms with E-state index in [0.717, 1.165) is 19.3 Å². The lowest BCUT2D eigenvalue weighted by Gasteiger charge is -2.37. The number of nitrogens with one attached hydrogen (secondary N) is 2. The van der Waals surface area contributed by atoms with E-state index in [1.165, 1.54) is 0 Å². The van der Waals surface area contributed by atoms with Crippen molar-refractivity contribution in [3.63, 3.8) is 0 Å². The maximum Gasteiger partial charge on any atom is 0.242 e. The highest BCUT2D eigenvalue weighted by molar-refractivity contribution is 7.89. The summed E-state index contributed by atoms with van der Waals surface area (Å²) in [6.07, 6.45) is 2.55. The Morgan fingerprint density at radius 1 is 1.30 bits per heavy atom. The van der Waals surface area contributed by atoms with Gasteiger partial charge in [0.1, 0.15) is 4.90 Å². The van der Waals surface area contributed by atoms with Gasteiger partial charge >= 0.3 is 0 Å². The fourth-order valence-electron chi connectivity index (χ4n) is 2.24. The molecule has 0 aromatic heterocycles. The van der Waals surface area contributed by atoms with E-state index in [2.05, 4.69) is 10.0 Å². The molecule has 0 amide bonds. The summed E-state index contributed by atoms with van der Waals surface area (Å²) < 4.78 is 27.1. The molecular weight excluding hydrogens is 276 g/mol. The number of anilines is 1. The number of hydrogen-bond acceptors (Lipinski definition) is 4. The van der Waals surface area contributed by atoms with Crippen molar-refractivity contribution in [2.75, 3.05) is 11.9 Å². The summed E-state index contributed by atoms with van der Waals surface area (Å²) in [6, 6.07) is 6.60. The molecule has 0 spiro atoms. The summed E-state index contributed by atoms with van der Waals surface area (Å²) >= 11 is 0. The summed E-state index contributed by atoms with van der Waals surface area (Å²) in [7, 11) is -3.54. The number of sulfonamides is 1. The molecule has 5 nitrogen and oxygen atoms in total. The van der Waals surface area contributed by atoms with Crippen LogP contribution in [0.25, 0.3) is 0 Å². The Labute approximate surface area is 120 Å². The Balaban J connectivity index is 2.17. The van der Waals surface area contributed by atoms with E-state index in [4.69, 9.17) is 0 Å². The maximum atomic E-state index is 12.3. The standard InChI is InChI=1S/C14H22N2O3S/c1-11(2)16-20(18,19)13-7-4-3-6-12(13)15-10-14(17)8-5-9-14/h3-4,6-7,11,15-17H,5,8-10H2,1-2H3. The first kappa shape index (κ1) is 15.3. The van der Waals surface area contributed by atoms with Crippen LogP contribution in [-0.4, -0.2) is 31.7 Å². The largest absolute Gasteiger partial charge is 0.388 e. The van der Waals surface area contributed by atoms with Crippen molar-refractivity contribution in [1.29, 1.82) is 0 Å². The second-order valence-electron chi connectivity index (χ2n) is 5.70. The van der Waals surface area contributed by atoms with Crippen LogP contribution in [0.1, 0.15) is 33.1 Å². The van der Waals surface area contributed by atoms with Crippen molar-refractivity contribution in [3.8, 4) is 0 Å². The number of rotatable bonds is 6. The Kier molecular flexibility index (Phi) is 4.36. The number of para-hydroxylation sites is 1. The van der Waals surface area contributed by atoms with E-state index in [1.54, 1.807) is 38.1 Å². The average molecular weight is 298 g/mol. The quantitative estimate of drug-likeness (QED) is 0.747. The molecule has 0 aliphatic heterocycles. The van der Waals surface area contributed by atoms with E-state index in [9.17, 15) is 13.5 Å². The molecule has 0 heterocycles. The van der Waals surface area contributed by atoms with Crippen LogP contribution in [-0.2, 0) is 10.0 Å². The van der Waals surface area contributed by atoms with Crippen LogP contribution < -0.4 is 10.0 Å². The summed E-state index contributed by atoms with van der Waals surface area (Å²) in [6.45, 7) is 3.94. The van der Waals surface area contributed by atoms with Crippen molar-refractivity contribution in [2.45, 2.75) is 49.6 Å². The molecule has 0 radical (unpaired) electrons. The van der Waals surface area contributed by atoms with Gasteiger partial charge in [-0.2, -0.15) is 0 Å². The lowest BCUT2D eigenvalue weighted by atomic mass is 9.80. The van der Waals surface area contributed by atoms with Gasteiger partial charge in [0.05, 0.1) is 11.3 Å².